The van der Waals surface area contributed by atoms with Crippen molar-refractivity contribution in [1.29, 1.82) is 0 Å². The molecule has 0 aliphatic carbocycles. The van der Waals surface area contributed by atoms with Gasteiger partial charge in [-0.15, -0.1) is 11.3 Å². The molecule has 1 atom stereocenters. The second-order valence-corrected chi connectivity index (χ2v) is 8.77. The van der Waals surface area contributed by atoms with Gasteiger partial charge in [0.1, 0.15) is 4.21 Å². The standard InChI is InChI=1S/C15H15NO3S3/c1-10-8-19-15(20)16-13-5-4-11(7-12(10)13)9-22(17,18)14-3-2-6-21-14/h2-7,10H,8-9H2,1H3,(H,16,20). The van der Waals surface area contributed by atoms with Crippen molar-refractivity contribution in [3.8, 4) is 0 Å². The first-order valence-corrected chi connectivity index (χ1v) is 9.72. The lowest BCUT2D eigenvalue weighted by molar-refractivity contribution is 0.294. The Balaban J connectivity index is 1.92. The molecule has 2 aromatic rings. The van der Waals surface area contributed by atoms with Gasteiger partial charge in [-0.1, -0.05) is 25.1 Å². The van der Waals surface area contributed by atoms with E-state index in [1.54, 1.807) is 17.5 Å². The minimum atomic E-state index is -3.29. The van der Waals surface area contributed by atoms with E-state index in [1.807, 2.05) is 25.1 Å². The van der Waals surface area contributed by atoms with Crippen LogP contribution in [0.3, 0.4) is 0 Å². The summed E-state index contributed by atoms with van der Waals surface area (Å²) in [4.78, 5) is 0. The molecule has 1 aromatic heterocycles. The number of rotatable bonds is 3. The second-order valence-electron chi connectivity index (χ2n) is 5.24. The zero-order valence-electron chi connectivity index (χ0n) is 11.9. The summed E-state index contributed by atoms with van der Waals surface area (Å²) in [5.74, 6) is 0.145. The minimum absolute atomic E-state index is 0.00117. The van der Waals surface area contributed by atoms with E-state index in [0.717, 1.165) is 16.8 Å². The van der Waals surface area contributed by atoms with Gasteiger partial charge >= 0.3 is 0 Å². The van der Waals surface area contributed by atoms with Gasteiger partial charge in [0.2, 0.25) is 0 Å². The van der Waals surface area contributed by atoms with E-state index >= 15 is 0 Å². The maximum absolute atomic E-state index is 12.4. The van der Waals surface area contributed by atoms with Crippen molar-refractivity contribution >= 4 is 44.3 Å². The normalized spacial score (nSPS) is 18.0. The molecule has 1 aliphatic rings. The highest BCUT2D eigenvalue weighted by Crippen LogP contribution is 2.30. The highest BCUT2D eigenvalue weighted by Gasteiger charge is 2.21. The smallest absolute Gasteiger partial charge is 0.261 e. The van der Waals surface area contributed by atoms with E-state index < -0.39 is 9.84 Å². The third-order valence-corrected chi connectivity index (χ3v) is 6.90. The van der Waals surface area contributed by atoms with Gasteiger partial charge in [-0.2, -0.15) is 0 Å². The number of thiophene rings is 1. The number of hydrogen-bond acceptors (Lipinski definition) is 5. The van der Waals surface area contributed by atoms with Gasteiger partial charge in [0, 0.05) is 11.6 Å². The number of fused-ring (bicyclic) bond motifs is 1. The van der Waals surface area contributed by atoms with Crippen LogP contribution in [-0.4, -0.2) is 20.2 Å². The Hall–Kier alpha value is -1.44. The van der Waals surface area contributed by atoms with Crippen LogP contribution in [0, 0.1) is 0 Å². The first kappa shape index (κ1) is 15.5. The third kappa shape index (κ3) is 3.16. The summed E-state index contributed by atoms with van der Waals surface area (Å²) in [6.07, 6.45) is 0. The number of nitrogens with one attached hydrogen (secondary N) is 1. The fourth-order valence-electron chi connectivity index (χ4n) is 2.39. The Morgan fingerprint density at radius 3 is 2.95 bits per heavy atom. The Morgan fingerprint density at radius 1 is 1.41 bits per heavy atom. The van der Waals surface area contributed by atoms with E-state index in [1.165, 1.54) is 11.3 Å². The van der Waals surface area contributed by atoms with Crippen molar-refractivity contribution in [2.24, 2.45) is 0 Å². The number of anilines is 1. The predicted molar refractivity (Wildman–Crippen MR) is 92.2 cm³/mol. The summed E-state index contributed by atoms with van der Waals surface area (Å²) in [6.45, 7) is 2.52. The van der Waals surface area contributed by atoms with Crippen molar-refractivity contribution < 1.29 is 13.2 Å². The van der Waals surface area contributed by atoms with Gasteiger partial charge < -0.3 is 10.1 Å². The van der Waals surface area contributed by atoms with E-state index in [-0.39, 0.29) is 11.7 Å². The fourth-order valence-corrected chi connectivity index (χ4v) is 4.99. The number of benzene rings is 1. The summed E-state index contributed by atoms with van der Waals surface area (Å²) in [6, 6.07) is 9.00. The molecule has 1 N–H and O–H groups in total. The van der Waals surface area contributed by atoms with Gasteiger partial charge in [0.05, 0.1) is 12.4 Å². The molecule has 0 saturated carbocycles. The monoisotopic (exact) mass is 353 g/mol. The average Bonchev–Trinajstić information content (AvgIpc) is 2.97. The van der Waals surface area contributed by atoms with Crippen molar-refractivity contribution in [2.75, 3.05) is 11.9 Å². The SMILES string of the molecule is CC1COC(=S)Nc2ccc(CS(=O)(=O)c3cccs3)cc21. The number of hydrogen-bond donors (Lipinski definition) is 1. The summed E-state index contributed by atoms with van der Waals surface area (Å²) >= 11 is 6.31. The van der Waals surface area contributed by atoms with Gasteiger partial charge in [-0.05, 0) is 40.9 Å². The molecule has 1 aromatic carbocycles. The van der Waals surface area contributed by atoms with Gasteiger partial charge in [-0.25, -0.2) is 8.42 Å². The Bertz CT molecular complexity index is 797. The predicted octanol–water partition coefficient (Wildman–Crippen LogP) is 3.55. The molecular formula is C15H15NO3S3. The van der Waals surface area contributed by atoms with E-state index in [2.05, 4.69) is 5.32 Å². The van der Waals surface area contributed by atoms with E-state index in [0.29, 0.717) is 16.0 Å². The molecule has 0 spiro atoms. The van der Waals surface area contributed by atoms with Crippen molar-refractivity contribution in [2.45, 2.75) is 22.8 Å². The molecule has 0 radical (unpaired) electrons. The summed E-state index contributed by atoms with van der Waals surface area (Å²) in [5.41, 5.74) is 2.68. The van der Waals surface area contributed by atoms with Crippen LogP contribution in [0.1, 0.15) is 24.0 Å². The molecule has 0 amide bonds. The lowest BCUT2D eigenvalue weighted by Crippen LogP contribution is -2.11. The largest absolute Gasteiger partial charge is 0.470 e. The molecule has 0 fully saturated rings. The summed E-state index contributed by atoms with van der Waals surface area (Å²) in [7, 11) is -3.29. The lowest BCUT2D eigenvalue weighted by Gasteiger charge is -2.12. The number of sulfone groups is 1. The third-order valence-electron chi connectivity index (χ3n) is 3.51. The molecule has 116 valence electrons. The number of ether oxygens (including phenoxy) is 1. The van der Waals surface area contributed by atoms with Crippen molar-refractivity contribution in [3.63, 3.8) is 0 Å². The minimum Gasteiger partial charge on any atom is -0.470 e. The average molecular weight is 353 g/mol. The molecule has 7 heteroatoms. The van der Waals surface area contributed by atoms with Crippen LogP contribution < -0.4 is 5.32 Å². The number of thiocarbonyl (C=S) groups is 1. The van der Waals surface area contributed by atoms with Crippen LogP contribution in [0.2, 0.25) is 0 Å². The Morgan fingerprint density at radius 2 is 2.23 bits per heavy atom. The van der Waals surface area contributed by atoms with Crippen molar-refractivity contribution in [1.82, 2.24) is 0 Å². The molecule has 4 nitrogen and oxygen atoms in total. The quantitative estimate of drug-likeness (QED) is 0.855. The van der Waals surface area contributed by atoms with Gasteiger partial charge in [0.15, 0.2) is 9.84 Å². The molecule has 22 heavy (non-hydrogen) atoms. The van der Waals surface area contributed by atoms with Crippen LogP contribution in [0.5, 0.6) is 0 Å². The van der Waals surface area contributed by atoms with Crippen LogP contribution in [0.15, 0.2) is 39.9 Å². The molecule has 0 saturated heterocycles. The molecule has 0 bridgehead atoms. The first-order chi connectivity index (χ1) is 10.5. The molecule has 1 aliphatic heterocycles. The first-order valence-electron chi connectivity index (χ1n) is 6.78. The van der Waals surface area contributed by atoms with Crippen LogP contribution in [0.4, 0.5) is 5.69 Å². The molecule has 1 unspecified atom stereocenters. The Labute approximate surface area is 139 Å². The molecule has 3 rings (SSSR count). The van der Waals surface area contributed by atoms with Crippen LogP contribution in [-0.2, 0) is 20.3 Å². The van der Waals surface area contributed by atoms with E-state index in [4.69, 9.17) is 17.0 Å². The topological polar surface area (TPSA) is 55.4 Å². The fraction of sp³-hybridized carbons (Fsp3) is 0.267. The maximum Gasteiger partial charge on any atom is 0.261 e. The second kappa shape index (κ2) is 5.98. The maximum atomic E-state index is 12.4. The zero-order valence-corrected chi connectivity index (χ0v) is 14.4. The summed E-state index contributed by atoms with van der Waals surface area (Å²) in [5, 5.41) is 5.16. The van der Waals surface area contributed by atoms with Crippen molar-refractivity contribution in [3.05, 3.63) is 46.8 Å². The Kier molecular flexibility index (Phi) is 4.20. The molecule has 2 heterocycles. The molecular weight excluding hydrogens is 338 g/mol. The highest BCUT2D eigenvalue weighted by atomic mass is 32.2. The highest BCUT2D eigenvalue weighted by molar-refractivity contribution is 7.92. The van der Waals surface area contributed by atoms with Gasteiger partial charge in [-0.3, -0.25) is 0 Å². The van der Waals surface area contributed by atoms with E-state index in [9.17, 15) is 8.42 Å². The summed E-state index contributed by atoms with van der Waals surface area (Å²) < 4.78 is 30.6. The van der Waals surface area contributed by atoms with Gasteiger partial charge in [0.25, 0.3) is 5.17 Å². The zero-order chi connectivity index (χ0) is 15.7. The van der Waals surface area contributed by atoms with Crippen LogP contribution >= 0.6 is 23.6 Å². The van der Waals surface area contributed by atoms with Crippen LogP contribution in [0.25, 0.3) is 0 Å². The lowest BCUT2D eigenvalue weighted by atomic mass is 9.98.